The summed E-state index contributed by atoms with van der Waals surface area (Å²) in [5, 5.41) is 0. The molecule has 21 heavy (non-hydrogen) atoms. The van der Waals surface area contributed by atoms with Crippen LogP contribution in [0.25, 0.3) is 0 Å². The summed E-state index contributed by atoms with van der Waals surface area (Å²) in [6.45, 7) is 4.16. The van der Waals surface area contributed by atoms with Crippen LogP contribution in [0.15, 0.2) is 0 Å². The summed E-state index contributed by atoms with van der Waals surface area (Å²) in [6.07, 6.45) is 6.29. The quantitative estimate of drug-likeness (QED) is 0.259. The Hall–Kier alpha value is 2.53. The Morgan fingerprint density at radius 1 is 0.714 bits per heavy atom. The van der Waals surface area contributed by atoms with Crippen LogP contribution in [-0.2, 0) is 44.7 Å². The first-order valence-corrected chi connectivity index (χ1v) is 14.9. The molecule has 0 fully saturated rings. The minimum absolute atomic E-state index is 0. The van der Waals surface area contributed by atoms with Crippen LogP contribution in [0.4, 0.5) is 0 Å². The fraction of sp³-hybridized carbons (Fsp3) is 1.00. The summed E-state index contributed by atoms with van der Waals surface area (Å²) in [6, 6.07) is 0. The van der Waals surface area contributed by atoms with Gasteiger partial charge in [-0.25, -0.2) is 0 Å². The van der Waals surface area contributed by atoms with Crippen molar-refractivity contribution in [1.82, 2.24) is 0 Å². The van der Waals surface area contributed by atoms with Gasteiger partial charge in [-0.2, -0.15) is 34.2 Å². The van der Waals surface area contributed by atoms with E-state index in [-0.39, 0.29) is 21.1 Å². The van der Waals surface area contributed by atoms with Crippen LogP contribution in [0.2, 0.25) is 0 Å². The molecule has 0 amide bonds. The minimum Gasteiger partial charge on any atom is -0.825 e. The summed E-state index contributed by atoms with van der Waals surface area (Å²) >= 11 is 10.2. The first kappa shape index (κ1) is 28.3. The van der Waals surface area contributed by atoms with Gasteiger partial charge in [-0.05, 0) is 24.3 Å². The standard InChI is InChI=1S/2C5H13O2PS2.Mo/c2*1-2-3-4-5-10-8(6,7)9;/h2*2-5H2,1H3,(H2,6,7,9);/q;;+4/p-4. The zero-order valence-electron chi connectivity index (χ0n) is 12.2. The predicted molar refractivity (Wildman–Crippen MR) is 92.5 cm³/mol. The second-order valence-corrected chi connectivity index (χ2v) is 15.8. The Morgan fingerprint density at radius 2 is 1.00 bits per heavy atom. The second kappa shape index (κ2) is 17.4. The van der Waals surface area contributed by atoms with Gasteiger partial charge in [-0.1, -0.05) is 39.5 Å². The molecule has 0 atom stereocenters. The molecule has 0 aliphatic carbocycles. The van der Waals surface area contributed by atoms with Gasteiger partial charge in [0.25, 0.3) is 0 Å². The van der Waals surface area contributed by atoms with Crippen molar-refractivity contribution in [3.63, 3.8) is 0 Å². The summed E-state index contributed by atoms with van der Waals surface area (Å²) < 4.78 is 0. The van der Waals surface area contributed by atoms with Gasteiger partial charge < -0.3 is 19.6 Å². The third-order valence-electron chi connectivity index (χ3n) is 1.99. The average Bonchev–Trinajstić information content (AvgIpc) is 2.29. The zero-order valence-corrected chi connectivity index (χ0v) is 19.3. The van der Waals surface area contributed by atoms with E-state index in [1.807, 2.05) is 0 Å². The minimum atomic E-state index is -3.46. The number of rotatable bonds is 10. The van der Waals surface area contributed by atoms with E-state index in [1.165, 1.54) is 0 Å². The molecule has 0 saturated heterocycles. The monoisotopic (exact) mass is 494 g/mol. The smallest absolute Gasteiger partial charge is 0.825 e. The molecule has 0 aliphatic heterocycles. The van der Waals surface area contributed by atoms with Crippen molar-refractivity contribution in [1.29, 1.82) is 0 Å². The van der Waals surface area contributed by atoms with E-state index in [1.54, 1.807) is 0 Å². The van der Waals surface area contributed by atoms with E-state index in [0.717, 1.165) is 61.3 Å². The molecule has 0 heterocycles. The van der Waals surface area contributed by atoms with Crippen molar-refractivity contribution in [2.24, 2.45) is 0 Å². The fourth-order valence-electron chi connectivity index (χ4n) is 1.06. The van der Waals surface area contributed by atoms with Crippen LogP contribution in [0.3, 0.4) is 0 Å². The molecular weight excluding hydrogens is 470 g/mol. The molecular formula is C10H22MoO4P2S4. The van der Waals surface area contributed by atoms with Crippen LogP contribution in [0.5, 0.6) is 0 Å². The number of hydrogen-bond acceptors (Lipinski definition) is 8. The first-order chi connectivity index (χ1) is 9.12. The number of unbranched alkanes of at least 4 members (excludes halogenated alkanes) is 4. The molecule has 0 spiro atoms. The molecule has 0 N–H and O–H groups in total. The molecule has 0 radical (unpaired) electrons. The average molecular weight is 492 g/mol. The molecule has 0 unspecified atom stereocenters. The van der Waals surface area contributed by atoms with E-state index >= 15 is 0 Å². The fourth-order valence-corrected chi connectivity index (χ4v) is 5.63. The molecule has 4 nitrogen and oxygen atoms in total. The van der Waals surface area contributed by atoms with Gasteiger partial charge in [0, 0.05) is 0 Å². The van der Waals surface area contributed by atoms with Crippen LogP contribution >= 0.6 is 34.2 Å². The van der Waals surface area contributed by atoms with Crippen LogP contribution in [-0.4, -0.2) is 11.5 Å². The van der Waals surface area contributed by atoms with Crippen LogP contribution in [0, 0.1) is 0 Å². The van der Waals surface area contributed by atoms with Crippen molar-refractivity contribution in [2.75, 3.05) is 11.5 Å². The molecule has 0 aliphatic rings. The molecule has 0 aromatic rings. The molecule has 0 aromatic heterocycles. The van der Waals surface area contributed by atoms with Gasteiger partial charge in [-0.15, -0.1) is 23.6 Å². The van der Waals surface area contributed by atoms with Gasteiger partial charge in [-0.3, -0.25) is 0 Å². The Balaban J connectivity index is -0.000000295. The van der Waals surface area contributed by atoms with Gasteiger partial charge in [0.1, 0.15) is 0 Å². The Kier molecular flexibility index (Phi) is 23.4. The van der Waals surface area contributed by atoms with Gasteiger partial charge in [0.2, 0.25) is 0 Å². The van der Waals surface area contributed by atoms with Crippen LogP contribution < -0.4 is 19.6 Å². The van der Waals surface area contributed by atoms with E-state index in [4.69, 9.17) is 0 Å². The maximum Gasteiger partial charge on any atom is 4.00 e. The second-order valence-electron chi connectivity index (χ2n) is 3.98. The van der Waals surface area contributed by atoms with Crippen LogP contribution in [0.1, 0.15) is 52.4 Å². The van der Waals surface area contributed by atoms with Gasteiger partial charge in [0.15, 0.2) is 0 Å². The first-order valence-electron chi connectivity index (χ1n) is 6.45. The third kappa shape index (κ3) is 34.8. The predicted octanol–water partition coefficient (Wildman–Crippen LogP) is 1.71. The van der Waals surface area contributed by atoms with Gasteiger partial charge >= 0.3 is 21.1 Å². The van der Waals surface area contributed by atoms with Crippen molar-refractivity contribution in [2.45, 2.75) is 52.4 Å². The van der Waals surface area contributed by atoms with E-state index in [0.29, 0.717) is 11.5 Å². The maximum atomic E-state index is 10.4. The molecule has 0 saturated carbocycles. The van der Waals surface area contributed by atoms with Crippen molar-refractivity contribution in [3.05, 3.63) is 0 Å². The molecule has 0 rings (SSSR count). The summed E-state index contributed by atoms with van der Waals surface area (Å²) in [7, 11) is 0. The van der Waals surface area contributed by atoms with E-state index < -0.39 is 11.4 Å². The Labute approximate surface area is 161 Å². The molecule has 11 heteroatoms. The molecule has 126 valence electrons. The molecule has 0 aromatic carbocycles. The van der Waals surface area contributed by atoms with E-state index in [9.17, 15) is 19.6 Å². The third-order valence-corrected chi connectivity index (χ3v) is 8.46. The number of hydrogen-bond donors (Lipinski definition) is 0. The maximum absolute atomic E-state index is 10.4. The largest absolute Gasteiger partial charge is 4.00 e. The van der Waals surface area contributed by atoms with E-state index in [2.05, 4.69) is 37.5 Å². The Bertz CT molecular complexity index is 281. The van der Waals surface area contributed by atoms with Crippen molar-refractivity contribution in [3.8, 4) is 0 Å². The normalized spacial score (nSPS) is 11.3. The Morgan fingerprint density at radius 3 is 1.19 bits per heavy atom. The zero-order chi connectivity index (χ0) is 16.1. The molecule has 0 bridgehead atoms. The summed E-state index contributed by atoms with van der Waals surface area (Å²) in [5.41, 5.74) is -6.91. The van der Waals surface area contributed by atoms with Crippen molar-refractivity contribution < 1.29 is 40.6 Å². The topological polar surface area (TPSA) is 92.2 Å². The van der Waals surface area contributed by atoms with Crippen molar-refractivity contribution >= 4 is 57.8 Å². The summed E-state index contributed by atoms with van der Waals surface area (Å²) in [5.74, 6) is 1.30. The SMILES string of the molecule is CCCCCSP([O-])([O-])=S.CCCCCSP([O-])([O-])=S.[Mo+4]. The van der Waals surface area contributed by atoms with Gasteiger partial charge in [0.05, 0.1) is 0 Å². The summed E-state index contributed by atoms with van der Waals surface area (Å²) in [4.78, 5) is 41.6.